The first kappa shape index (κ1) is 7.92. The molecular formula is C7H13NOS. The summed E-state index contributed by atoms with van der Waals surface area (Å²) in [6, 6.07) is 0. The molecule has 58 valence electrons. The van der Waals surface area contributed by atoms with Crippen LogP contribution in [0.5, 0.6) is 0 Å². The van der Waals surface area contributed by atoms with Crippen molar-refractivity contribution >= 4 is 17.9 Å². The average molecular weight is 159 g/mol. The summed E-state index contributed by atoms with van der Waals surface area (Å²) in [6.07, 6.45) is 4.81. The van der Waals surface area contributed by atoms with E-state index in [9.17, 15) is 4.79 Å². The molecule has 0 unspecified atom stereocenters. The number of hydrogen-bond acceptors (Lipinski definition) is 1. The Hall–Kier alpha value is -0.180. The molecule has 1 rings (SSSR count). The molecule has 0 aromatic heterocycles. The SMILES string of the molecule is O=C(S)N1CCCCCC1. The third kappa shape index (κ3) is 2.21. The fourth-order valence-corrected chi connectivity index (χ4v) is 1.46. The highest BCUT2D eigenvalue weighted by atomic mass is 32.1. The molecule has 0 N–H and O–H groups in total. The lowest BCUT2D eigenvalue weighted by molar-refractivity contribution is 0.225. The van der Waals surface area contributed by atoms with E-state index in [4.69, 9.17) is 0 Å². The van der Waals surface area contributed by atoms with Gasteiger partial charge in [-0.25, -0.2) is 0 Å². The van der Waals surface area contributed by atoms with Crippen LogP contribution >= 0.6 is 12.6 Å². The van der Waals surface area contributed by atoms with Crippen molar-refractivity contribution in [2.75, 3.05) is 13.1 Å². The van der Waals surface area contributed by atoms with Crippen LogP contribution in [0.2, 0.25) is 0 Å². The van der Waals surface area contributed by atoms with E-state index in [0.29, 0.717) is 0 Å². The summed E-state index contributed by atoms with van der Waals surface area (Å²) >= 11 is 3.78. The molecule has 2 nitrogen and oxygen atoms in total. The van der Waals surface area contributed by atoms with Gasteiger partial charge in [-0.1, -0.05) is 25.5 Å². The van der Waals surface area contributed by atoms with Crippen LogP contribution in [0.4, 0.5) is 4.79 Å². The van der Waals surface area contributed by atoms with Gasteiger partial charge in [0.1, 0.15) is 0 Å². The lowest BCUT2D eigenvalue weighted by Gasteiger charge is -2.16. The van der Waals surface area contributed by atoms with Gasteiger partial charge in [0, 0.05) is 13.1 Å². The van der Waals surface area contributed by atoms with Crippen molar-refractivity contribution in [1.82, 2.24) is 4.90 Å². The Balaban J connectivity index is 2.35. The summed E-state index contributed by atoms with van der Waals surface area (Å²) in [5.74, 6) is 0. The molecule has 1 saturated heterocycles. The lowest BCUT2D eigenvalue weighted by Crippen LogP contribution is -2.26. The van der Waals surface area contributed by atoms with Crippen LogP contribution < -0.4 is 0 Å². The Morgan fingerprint density at radius 2 is 1.60 bits per heavy atom. The molecule has 0 radical (unpaired) electrons. The third-order valence-corrected chi connectivity index (χ3v) is 2.16. The standard InChI is InChI=1S/C7H13NOS/c9-7(10)8-5-3-1-2-4-6-8/h1-6H2,(H,9,10). The van der Waals surface area contributed by atoms with Crippen molar-refractivity contribution in [2.45, 2.75) is 25.7 Å². The van der Waals surface area contributed by atoms with Crippen molar-refractivity contribution in [3.63, 3.8) is 0 Å². The predicted molar refractivity (Wildman–Crippen MR) is 44.4 cm³/mol. The molecule has 1 aliphatic heterocycles. The molecule has 10 heavy (non-hydrogen) atoms. The lowest BCUT2D eigenvalue weighted by atomic mass is 10.2. The second-order valence-corrected chi connectivity index (χ2v) is 3.07. The molecule has 1 amide bonds. The second kappa shape index (κ2) is 3.86. The minimum Gasteiger partial charge on any atom is -0.334 e. The van der Waals surface area contributed by atoms with E-state index in [1.165, 1.54) is 12.8 Å². The fraction of sp³-hybridized carbons (Fsp3) is 0.857. The van der Waals surface area contributed by atoms with Gasteiger partial charge in [0.25, 0.3) is 5.24 Å². The molecule has 0 aliphatic carbocycles. The van der Waals surface area contributed by atoms with Gasteiger partial charge in [0.2, 0.25) is 0 Å². The molecular weight excluding hydrogens is 146 g/mol. The highest BCUT2D eigenvalue weighted by molar-refractivity contribution is 7.96. The van der Waals surface area contributed by atoms with Crippen LogP contribution in [0.1, 0.15) is 25.7 Å². The fourth-order valence-electron chi connectivity index (χ4n) is 1.26. The maximum Gasteiger partial charge on any atom is 0.278 e. The van der Waals surface area contributed by atoms with Crippen LogP contribution in [0.25, 0.3) is 0 Å². The van der Waals surface area contributed by atoms with E-state index in [0.717, 1.165) is 25.9 Å². The number of likely N-dealkylation sites (tertiary alicyclic amines) is 1. The summed E-state index contributed by atoms with van der Waals surface area (Å²) in [5.41, 5.74) is 0. The molecule has 0 saturated carbocycles. The number of thiol groups is 1. The van der Waals surface area contributed by atoms with E-state index < -0.39 is 0 Å². The van der Waals surface area contributed by atoms with Crippen LogP contribution in [-0.4, -0.2) is 23.2 Å². The topological polar surface area (TPSA) is 20.3 Å². The Morgan fingerprint density at radius 1 is 1.10 bits per heavy atom. The Kier molecular flexibility index (Phi) is 3.06. The van der Waals surface area contributed by atoms with Gasteiger partial charge in [-0.15, -0.1) is 0 Å². The molecule has 0 atom stereocenters. The van der Waals surface area contributed by atoms with E-state index in [1.54, 1.807) is 0 Å². The second-order valence-electron chi connectivity index (χ2n) is 2.68. The number of rotatable bonds is 0. The quantitative estimate of drug-likeness (QED) is 0.535. The highest BCUT2D eigenvalue weighted by Gasteiger charge is 2.10. The number of nitrogens with zero attached hydrogens (tertiary/aromatic N) is 1. The van der Waals surface area contributed by atoms with Crippen LogP contribution in [0, 0.1) is 0 Å². The van der Waals surface area contributed by atoms with Crippen molar-refractivity contribution in [2.24, 2.45) is 0 Å². The number of carbonyl (C=O) groups excluding carboxylic acids is 1. The zero-order valence-electron chi connectivity index (χ0n) is 6.05. The molecule has 0 aromatic carbocycles. The zero-order valence-corrected chi connectivity index (χ0v) is 6.94. The summed E-state index contributed by atoms with van der Waals surface area (Å²) in [7, 11) is 0. The third-order valence-electron chi connectivity index (χ3n) is 1.88. The van der Waals surface area contributed by atoms with Crippen molar-refractivity contribution in [3.05, 3.63) is 0 Å². The average Bonchev–Trinajstić information content (AvgIpc) is 2.12. The van der Waals surface area contributed by atoms with E-state index in [2.05, 4.69) is 12.6 Å². The van der Waals surface area contributed by atoms with Crippen LogP contribution in [-0.2, 0) is 0 Å². The number of carbonyl (C=O) groups is 1. The molecule has 1 fully saturated rings. The van der Waals surface area contributed by atoms with E-state index in [1.807, 2.05) is 4.90 Å². The van der Waals surface area contributed by atoms with Crippen LogP contribution in [0.3, 0.4) is 0 Å². The Labute approximate surface area is 67.0 Å². The number of hydrogen-bond donors (Lipinski definition) is 1. The summed E-state index contributed by atoms with van der Waals surface area (Å²) in [6.45, 7) is 1.81. The van der Waals surface area contributed by atoms with Crippen molar-refractivity contribution in [3.8, 4) is 0 Å². The Bertz CT molecular complexity index is 119. The van der Waals surface area contributed by atoms with E-state index >= 15 is 0 Å². The number of amides is 1. The predicted octanol–water partition coefficient (Wildman–Crippen LogP) is 1.91. The first-order valence-corrected chi connectivity index (χ1v) is 4.23. The van der Waals surface area contributed by atoms with Crippen molar-refractivity contribution in [1.29, 1.82) is 0 Å². The molecule has 1 aliphatic rings. The van der Waals surface area contributed by atoms with E-state index in [-0.39, 0.29) is 5.24 Å². The van der Waals surface area contributed by atoms with Crippen LogP contribution in [0.15, 0.2) is 0 Å². The Morgan fingerprint density at radius 3 is 2.00 bits per heavy atom. The summed E-state index contributed by atoms with van der Waals surface area (Å²) < 4.78 is 0. The molecule has 0 aromatic rings. The normalized spacial score (nSPS) is 20.3. The largest absolute Gasteiger partial charge is 0.334 e. The molecule has 0 spiro atoms. The van der Waals surface area contributed by atoms with Gasteiger partial charge in [-0.05, 0) is 12.8 Å². The minimum absolute atomic E-state index is 0.0677. The maximum absolute atomic E-state index is 10.7. The summed E-state index contributed by atoms with van der Waals surface area (Å²) in [5, 5.41) is -0.0677. The molecule has 3 heteroatoms. The smallest absolute Gasteiger partial charge is 0.278 e. The summed E-state index contributed by atoms with van der Waals surface area (Å²) in [4.78, 5) is 12.6. The highest BCUT2D eigenvalue weighted by Crippen LogP contribution is 2.10. The molecule has 0 bridgehead atoms. The van der Waals surface area contributed by atoms with Gasteiger partial charge < -0.3 is 4.90 Å². The molecule has 1 heterocycles. The zero-order chi connectivity index (χ0) is 7.40. The first-order valence-electron chi connectivity index (χ1n) is 3.78. The van der Waals surface area contributed by atoms with Gasteiger partial charge in [0.05, 0.1) is 0 Å². The maximum atomic E-state index is 10.7. The first-order chi connectivity index (χ1) is 4.80. The van der Waals surface area contributed by atoms with Gasteiger partial charge in [-0.3, -0.25) is 4.79 Å². The van der Waals surface area contributed by atoms with Gasteiger partial charge >= 0.3 is 0 Å². The minimum atomic E-state index is -0.0677. The monoisotopic (exact) mass is 159 g/mol. The van der Waals surface area contributed by atoms with Gasteiger partial charge in [-0.2, -0.15) is 0 Å². The van der Waals surface area contributed by atoms with Crippen molar-refractivity contribution < 1.29 is 4.79 Å². The van der Waals surface area contributed by atoms with Gasteiger partial charge in [0.15, 0.2) is 0 Å².